The number of pyridine rings is 1. The van der Waals surface area contributed by atoms with E-state index in [2.05, 4.69) is 5.32 Å². The fourth-order valence-corrected chi connectivity index (χ4v) is 4.41. The van der Waals surface area contributed by atoms with Crippen molar-refractivity contribution in [3.05, 3.63) is 46.1 Å². The molecule has 1 amide bonds. The molecule has 0 atom stereocenters. The molecular weight excluding hydrogens is 336 g/mol. The second kappa shape index (κ2) is 7.78. The van der Waals surface area contributed by atoms with E-state index in [0.717, 1.165) is 36.8 Å². The summed E-state index contributed by atoms with van der Waals surface area (Å²) in [5, 5.41) is 3.55. The molecule has 0 saturated heterocycles. The molecule has 2 aromatic rings. The van der Waals surface area contributed by atoms with Gasteiger partial charge in [0.1, 0.15) is 5.00 Å². The van der Waals surface area contributed by atoms with Gasteiger partial charge in [0.15, 0.2) is 12.4 Å². The minimum absolute atomic E-state index is 0.143. The minimum Gasteiger partial charge on any atom is -0.465 e. The highest BCUT2D eigenvalue weighted by Crippen LogP contribution is 2.37. The minimum atomic E-state index is -0.363. The van der Waals surface area contributed by atoms with Gasteiger partial charge >= 0.3 is 5.97 Å². The zero-order valence-electron chi connectivity index (χ0n) is 14.6. The zero-order valence-corrected chi connectivity index (χ0v) is 15.4. The van der Waals surface area contributed by atoms with Crippen LogP contribution in [-0.4, -0.2) is 19.0 Å². The third kappa shape index (κ3) is 4.07. The molecule has 2 aromatic heterocycles. The van der Waals surface area contributed by atoms with E-state index in [0.29, 0.717) is 10.6 Å². The molecule has 25 heavy (non-hydrogen) atoms. The Morgan fingerprint density at radius 2 is 1.92 bits per heavy atom. The Hall–Kier alpha value is -2.21. The van der Waals surface area contributed by atoms with Gasteiger partial charge in [-0.05, 0) is 43.7 Å². The van der Waals surface area contributed by atoms with E-state index in [9.17, 15) is 9.59 Å². The average Bonchev–Trinajstić information content (AvgIpc) is 2.77. The van der Waals surface area contributed by atoms with Gasteiger partial charge in [-0.1, -0.05) is 6.42 Å². The molecule has 0 bridgehead atoms. The highest BCUT2D eigenvalue weighted by molar-refractivity contribution is 7.17. The molecule has 0 fully saturated rings. The van der Waals surface area contributed by atoms with Gasteiger partial charge < -0.3 is 10.1 Å². The molecular formula is C19H23N2O3S+. The Morgan fingerprint density at radius 1 is 1.20 bits per heavy atom. The van der Waals surface area contributed by atoms with Crippen LogP contribution in [-0.2, 0) is 28.9 Å². The molecule has 1 aliphatic rings. The van der Waals surface area contributed by atoms with Gasteiger partial charge in [0.2, 0.25) is 6.54 Å². The molecule has 6 heteroatoms. The molecule has 2 heterocycles. The van der Waals surface area contributed by atoms with E-state index >= 15 is 0 Å². The van der Waals surface area contributed by atoms with Crippen LogP contribution in [0.15, 0.2) is 24.5 Å². The fourth-order valence-electron chi connectivity index (χ4n) is 3.12. The number of anilines is 1. The second-order valence-corrected chi connectivity index (χ2v) is 7.46. The van der Waals surface area contributed by atoms with Gasteiger partial charge in [0.05, 0.1) is 12.7 Å². The predicted octanol–water partition coefficient (Wildman–Crippen LogP) is 3.04. The highest BCUT2D eigenvalue weighted by Gasteiger charge is 2.26. The molecule has 0 aliphatic heterocycles. The molecule has 0 aromatic carbocycles. The third-order valence-corrected chi connectivity index (χ3v) is 5.65. The van der Waals surface area contributed by atoms with Crippen molar-refractivity contribution < 1.29 is 18.9 Å². The highest BCUT2D eigenvalue weighted by atomic mass is 32.1. The molecule has 1 aliphatic carbocycles. The Kier molecular flexibility index (Phi) is 5.48. The number of aryl methyl sites for hydroxylation is 2. The van der Waals surface area contributed by atoms with Crippen LogP contribution in [0, 0.1) is 6.92 Å². The normalized spacial score (nSPS) is 13.7. The van der Waals surface area contributed by atoms with Crippen LogP contribution >= 0.6 is 11.3 Å². The average molecular weight is 359 g/mol. The number of amides is 1. The molecule has 0 spiro atoms. The maximum absolute atomic E-state index is 12.4. The van der Waals surface area contributed by atoms with E-state index in [1.807, 2.05) is 36.0 Å². The number of methoxy groups -OCH3 is 1. The predicted molar refractivity (Wildman–Crippen MR) is 96.9 cm³/mol. The summed E-state index contributed by atoms with van der Waals surface area (Å²) < 4.78 is 6.78. The number of aromatic nitrogens is 1. The largest absolute Gasteiger partial charge is 0.465 e. The molecule has 0 radical (unpaired) electrons. The number of nitrogens with zero attached hydrogens (tertiary/aromatic N) is 1. The van der Waals surface area contributed by atoms with Crippen molar-refractivity contribution in [1.82, 2.24) is 0 Å². The summed E-state index contributed by atoms with van der Waals surface area (Å²) in [6.45, 7) is 2.22. The number of carbonyl (C=O) groups excluding carboxylic acids is 2. The van der Waals surface area contributed by atoms with Crippen molar-refractivity contribution in [1.29, 1.82) is 0 Å². The summed E-state index contributed by atoms with van der Waals surface area (Å²) in [6.07, 6.45) is 8.96. The van der Waals surface area contributed by atoms with Crippen molar-refractivity contribution in [3.63, 3.8) is 0 Å². The smallest absolute Gasteiger partial charge is 0.341 e. The number of hydrogen-bond donors (Lipinski definition) is 1. The van der Waals surface area contributed by atoms with E-state index < -0.39 is 0 Å². The SMILES string of the molecule is COC(=O)c1c(NC(=O)C[n+]2ccc(C)cc2)sc2c1CCCCC2. The van der Waals surface area contributed by atoms with Crippen LogP contribution in [0.1, 0.15) is 45.6 Å². The number of nitrogens with one attached hydrogen (secondary N) is 1. The van der Waals surface area contributed by atoms with Crippen molar-refractivity contribution in [2.75, 3.05) is 12.4 Å². The number of hydrogen-bond acceptors (Lipinski definition) is 4. The van der Waals surface area contributed by atoms with E-state index in [1.165, 1.54) is 29.7 Å². The van der Waals surface area contributed by atoms with Crippen molar-refractivity contribution in [3.8, 4) is 0 Å². The van der Waals surface area contributed by atoms with Gasteiger partial charge in [-0.3, -0.25) is 4.79 Å². The van der Waals surface area contributed by atoms with Gasteiger partial charge in [-0.15, -0.1) is 11.3 Å². The molecule has 0 unspecified atom stereocenters. The Morgan fingerprint density at radius 3 is 2.64 bits per heavy atom. The van der Waals surface area contributed by atoms with Gasteiger partial charge in [0.25, 0.3) is 5.91 Å². The number of rotatable bonds is 4. The number of fused-ring (bicyclic) bond motifs is 1. The van der Waals surface area contributed by atoms with Gasteiger partial charge in [-0.25, -0.2) is 4.79 Å². The van der Waals surface area contributed by atoms with E-state index in [1.54, 1.807) is 0 Å². The summed E-state index contributed by atoms with van der Waals surface area (Å²) in [7, 11) is 1.39. The van der Waals surface area contributed by atoms with E-state index in [-0.39, 0.29) is 18.4 Å². The standard InChI is InChI=1S/C19H22N2O3S/c1-13-8-10-21(11-9-13)12-16(22)20-18-17(19(23)24-2)14-6-4-3-5-7-15(14)25-18/h8-11H,3-7,12H2,1-2H3/p+1. The first kappa shape index (κ1) is 17.6. The van der Waals surface area contributed by atoms with Gasteiger partial charge in [-0.2, -0.15) is 4.57 Å². The van der Waals surface area contributed by atoms with Crippen molar-refractivity contribution in [2.24, 2.45) is 0 Å². The van der Waals surface area contributed by atoms with E-state index in [4.69, 9.17) is 4.74 Å². The Labute approximate surface area is 151 Å². The molecule has 0 saturated carbocycles. The first-order valence-corrected chi connectivity index (χ1v) is 9.38. The lowest BCUT2D eigenvalue weighted by molar-refractivity contribution is -0.684. The van der Waals surface area contributed by atoms with Crippen molar-refractivity contribution in [2.45, 2.75) is 45.6 Å². The fraction of sp³-hybridized carbons (Fsp3) is 0.421. The second-order valence-electron chi connectivity index (χ2n) is 6.36. The number of ether oxygens (including phenoxy) is 1. The monoisotopic (exact) mass is 359 g/mol. The van der Waals surface area contributed by atoms with Crippen LogP contribution in [0.3, 0.4) is 0 Å². The van der Waals surface area contributed by atoms with Crippen molar-refractivity contribution >= 4 is 28.2 Å². The Bertz CT molecular complexity index is 781. The molecule has 5 nitrogen and oxygen atoms in total. The summed E-state index contributed by atoms with van der Waals surface area (Å²) in [5.74, 6) is -0.506. The molecule has 1 N–H and O–H groups in total. The maximum atomic E-state index is 12.4. The summed E-state index contributed by atoms with van der Waals surface area (Å²) in [6, 6.07) is 3.92. The summed E-state index contributed by atoms with van der Waals surface area (Å²) in [4.78, 5) is 25.9. The number of thiophene rings is 1. The zero-order chi connectivity index (χ0) is 17.8. The summed E-state index contributed by atoms with van der Waals surface area (Å²) in [5.41, 5.74) is 2.76. The van der Waals surface area contributed by atoms with Crippen LogP contribution in [0.25, 0.3) is 0 Å². The molecule has 132 valence electrons. The number of esters is 1. The first-order chi connectivity index (χ1) is 12.1. The quantitative estimate of drug-likeness (QED) is 0.519. The lowest BCUT2D eigenvalue weighted by Gasteiger charge is -2.06. The topological polar surface area (TPSA) is 59.3 Å². The first-order valence-electron chi connectivity index (χ1n) is 8.57. The van der Waals surface area contributed by atoms with Crippen LogP contribution in [0.2, 0.25) is 0 Å². The van der Waals surface area contributed by atoms with Crippen LogP contribution in [0.5, 0.6) is 0 Å². The summed E-state index contributed by atoms with van der Waals surface area (Å²) >= 11 is 1.52. The maximum Gasteiger partial charge on any atom is 0.341 e. The third-order valence-electron chi connectivity index (χ3n) is 4.45. The Balaban J connectivity index is 1.82. The van der Waals surface area contributed by atoms with Crippen LogP contribution in [0.4, 0.5) is 5.00 Å². The lowest BCUT2D eigenvalue weighted by atomic mass is 10.1. The molecule has 3 rings (SSSR count). The van der Waals surface area contributed by atoms with Gasteiger partial charge in [0, 0.05) is 17.0 Å². The van der Waals surface area contributed by atoms with Crippen LogP contribution < -0.4 is 9.88 Å². The lowest BCUT2D eigenvalue weighted by Crippen LogP contribution is -2.39. The number of carbonyl (C=O) groups is 2.